The number of amides is 1. The average Bonchev–Trinajstić information content (AvgIpc) is 2.34. The van der Waals surface area contributed by atoms with Crippen LogP contribution in [0.2, 0.25) is 0 Å². The smallest absolute Gasteiger partial charge is 0.326 e. The lowest BCUT2D eigenvalue weighted by atomic mass is 9.90. The first kappa shape index (κ1) is 19.9. The van der Waals surface area contributed by atoms with Gasteiger partial charge in [-0.25, -0.2) is 4.79 Å². The molecule has 124 valence electrons. The van der Waals surface area contributed by atoms with Crippen LogP contribution in [-0.2, 0) is 9.59 Å². The van der Waals surface area contributed by atoms with Gasteiger partial charge in [0, 0.05) is 6.54 Å². The molecule has 0 aromatic rings. The van der Waals surface area contributed by atoms with Gasteiger partial charge < -0.3 is 15.3 Å². The molecule has 0 spiro atoms. The third-order valence-corrected chi connectivity index (χ3v) is 3.48. The van der Waals surface area contributed by atoms with Crippen molar-refractivity contribution in [2.24, 2.45) is 11.3 Å². The van der Waals surface area contributed by atoms with Crippen LogP contribution in [0.25, 0.3) is 0 Å². The van der Waals surface area contributed by atoms with Crippen LogP contribution in [0.4, 0.5) is 0 Å². The molecule has 0 aliphatic carbocycles. The van der Waals surface area contributed by atoms with Crippen LogP contribution < -0.4 is 5.32 Å². The lowest BCUT2D eigenvalue weighted by molar-refractivity contribution is -0.144. The van der Waals surface area contributed by atoms with E-state index in [9.17, 15) is 14.7 Å². The van der Waals surface area contributed by atoms with Crippen LogP contribution in [0.5, 0.6) is 0 Å². The van der Waals surface area contributed by atoms with Crippen molar-refractivity contribution in [3.8, 4) is 0 Å². The second-order valence-electron chi connectivity index (χ2n) is 6.97. The number of rotatable bonds is 10. The summed E-state index contributed by atoms with van der Waals surface area (Å²) < 4.78 is 0. The fourth-order valence-electron chi connectivity index (χ4n) is 2.30. The van der Waals surface area contributed by atoms with Gasteiger partial charge in [0.15, 0.2) is 0 Å². The molecular weight excluding hydrogens is 268 g/mol. The minimum Gasteiger partial charge on any atom is -0.480 e. The maximum absolute atomic E-state index is 12.4. The molecule has 0 bridgehead atoms. The fraction of sp³-hybridized carbons (Fsp3) is 0.875. The molecule has 0 aromatic heterocycles. The molecule has 0 fully saturated rings. The summed E-state index contributed by atoms with van der Waals surface area (Å²) in [5.74, 6) is -0.937. The van der Waals surface area contributed by atoms with Crippen LogP contribution in [0, 0.1) is 11.3 Å². The van der Waals surface area contributed by atoms with Gasteiger partial charge in [0.25, 0.3) is 0 Å². The third-order valence-electron chi connectivity index (χ3n) is 3.48. The zero-order chi connectivity index (χ0) is 16.6. The standard InChI is InChI=1S/C16H32N2O3/c1-7-8-9-18(6)11-16(4,5)15(21)17-13(14(19)20)10-12(2)3/h12-13H,7-11H2,1-6H3,(H,17,21)(H,19,20). The summed E-state index contributed by atoms with van der Waals surface area (Å²) in [5, 5.41) is 11.9. The van der Waals surface area contributed by atoms with Gasteiger partial charge in [0.05, 0.1) is 5.41 Å². The molecule has 2 N–H and O–H groups in total. The van der Waals surface area contributed by atoms with Gasteiger partial charge in [-0.1, -0.05) is 27.2 Å². The lowest BCUT2D eigenvalue weighted by Crippen LogP contribution is -2.50. The highest BCUT2D eigenvalue weighted by Gasteiger charge is 2.32. The molecule has 0 aromatic carbocycles. The van der Waals surface area contributed by atoms with Gasteiger partial charge >= 0.3 is 5.97 Å². The molecule has 0 heterocycles. The zero-order valence-corrected chi connectivity index (χ0v) is 14.4. The van der Waals surface area contributed by atoms with Gasteiger partial charge in [0.2, 0.25) is 5.91 Å². The molecule has 0 saturated carbocycles. The summed E-state index contributed by atoms with van der Waals surface area (Å²) in [4.78, 5) is 25.7. The van der Waals surface area contributed by atoms with Crippen molar-refractivity contribution in [1.82, 2.24) is 10.2 Å². The van der Waals surface area contributed by atoms with Gasteiger partial charge in [0.1, 0.15) is 6.04 Å². The van der Waals surface area contributed by atoms with E-state index in [4.69, 9.17) is 0 Å². The Labute approximate surface area is 129 Å². The third kappa shape index (κ3) is 8.05. The Morgan fingerprint density at radius 3 is 2.29 bits per heavy atom. The second kappa shape index (κ2) is 9.03. The molecule has 0 radical (unpaired) electrons. The van der Waals surface area contributed by atoms with E-state index >= 15 is 0 Å². The van der Waals surface area contributed by atoms with Crippen molar-refractivity contribution in [3.05, 3.63) is 0 Å². The van der Waals surface area contributed by atoms with Crippen LogP contribution in [0.3, 0.4) is 0 Å². The number of nitrogens with one attached hydrogen (secondary N) is 1. The summed E-state index contributed by atoms with van der Waals surface area (Å²) in [6.45, 7) is 11.3. The molecule has 5 heteroatoms. The molecule has 1 amide bonds. The van der Waals surface area contributed by atoms with Gasteiger partial charge in [-0.15, -0.1) is 0 Å². The predicted octanol–water partition coefficient (Wildman–Crippen LogP) is 2.36. The van der Waals surface area contributed by atoms with Gasteiger partial charge in [-0.05, 0) is 46.2 Å². The first-order valence-electron chi connectivity index (χ1n) is 7.82. The van der Waals surface area contributed by atoms with Crippen molar-refractivity contribution < 1.29 is 14.7 Å². The Kier molecular flexibility index (Phi) is 8.55. The highest BCUT2D eigenvalue weighted by molar-refractivity contribution is 5.87. The van der Waals surface area contributed by atoms with E-state index in [2.05, 4.69) is 17.1 Å². The van der Waals surface area contributed by atoms with Crippen LogP contribution >= 0.6 is 0 Å². The lowest BCUT2D eigenvalue weighted by Gasteiger charge is -2.30. The monoisotopic (exact) mass is 300 g/mol. The number of hydrogen-bond donors (Lipinski definition) is 2. The molecule has 1 atom stereocenters. The molecule has 21 heavy (non-hydrogen) atoms. The Morgan fingerprint density at radius 1 is 1.29 bits per heavy atom. The van der Waals surface area contributed by atoms with Crippen molar-refractivity contribution in [2.45, 2.75) is 59.9 Å². The summed E-state index contributed by atoms with van der Waals surface area (Å²) in [6.07, 6.45) is 2.66. The molecule has 0 rings (SSSR count). The molecule has 0 aliphatic heterocycles. The number of nitrogens with zero attached hydrogens (tertiary/aromatic N) is 1. The highest BCUT2D eigenvalue weighted by atomic mass is 16.4. The Bertz CT molecular complexity index is 340. The maximum atomic E-state index is 12.4. The van der Waals surface area contributed by atoms with Gasteiger partial charge in [-0.2, -0.15) is 0 Å². The quantitative estimate of drug-likeness (QED) is 0.650. The number of carboxylic acid groups (broad SMARTS) is 1. The van der Waals surface area contributed by atoms with E-state index in [1.54, 1.807) is 0 Å². The van der Waals surface area contributed by atoms with Crippen LogP contribution in [0.15, 0.2) is 0 Å². The Morgan fingerprint density at radius 2 is 1.86 bits per heavy atom. The average molecular weight is 300 g/mol. The molecule has 0 saturated heterocycles. The summed E-state index contributed by atoms with van der Waals surface area (Å²) in [7, 11) is 1.99. The van der Waals surface area contributed by atoms with E-state index in [-0.39, 0.29) is 11.8 Å². The van der Waals surface area contributed by atoms with Crippen LogP contribution in [-0.4, -0.2) is 48.1 Å². The minimum absolute atomic E-state index is 0.195. The first-order valence-corrected chi connectivity index (χ1v) is 7.82. The number of carbonyl (C=O) groups excluding carboxylic acids is 1. The van der Waals surface area contributed by atoms with Gasteiger partial charge in [-0.3, -0.25) is 4.79 Å². The fourth-order valence-corrected chi connectivity index (χ4v) is 2.30. The van der Waals surface area contributed by atoms with E-state index in [0.29, 0.717) is 13.0 Å². The number of aliphatic carboxylic acids is 1. The topological polar surface area (TPSA) is 69.6 Å². The van der Waals surface area contributed by atoms with E-state index in [0.717, 1.165) is 19.4 Å². The van der Waals surface area contributed by atoms with Crippen molar-refractivity contribution in [1.29, 1.82) is 0 Å². The predicted molar refractivity (Wildman–Crippen MR) is 85.2 cm³/mol. The normalized spacial score (nSPS) is 13.5. The molecule has 1 unspecified atom stereocenters. The summed E-state index contributed by atoms with van der Waals surface area (Å²) in [6, 6.07) is -0.808. The molecular formula is C16H32N2O3. The minimum atomic E-state index is -0.966. The Balaban J connectivity index is 4.61. The maximum Gasteiger partial charge on any atom is 0.326 e. The van der Waals surface area contributed by atoms with E-state index < -0.39 is 17.4 Å². The molecule has 5 nitrogen and oxygen atoms in total. The Hall–Kier alpha value is -1.10. The second-order valence-corrected chi connectivity index (χ2v) is 6.97. The van der Waals surface area contributed by atoms with Crippen LogP contribution in [0.1, 0.15) is 53.9 Å². The summed E-state index contributed by atoms with van der Waals surface area (Å²) in [5.41, 5.74) is -0.604. The number of carbonyl (C=O) groups is 2. The summed E-state index contributed by atoms with van der Waals surface area (Å²) >= 11 is 0. The van der Waals surface area contributed by atoms with Crippen molar-refractivity contribution in [3.63, 3.8) is 0 Å². The van der Waals surface area contributed by atoms with Crippen molar-refractivity contribution >= 4 is 11.9 Å². The molecule has 0 aliphatic rings. The highest BCUT2D eigenvalue weighted by Crippen LogP contribution is 2.18. The number of carboxylic acids is 1. The van der Waals surface area contributed by atoms with E-state index in [1.165, 1.54) is 0 Å². The SMILES string of the molecule is CCCCN(C)CC(C)(C)C(=O)NC(CC(C)C)C(=O)O. The first-order chi connectivity index (χ1) is 9.60. The number of hydrogen-bond acceptors (Lipinski definition) is 3. The largest absolute Gasteiger partial charge is 0.480 e. The van der Waals surface area contributed by atoms with Crippen molar-refractivity contribution in [2.75, 3.05) is 20.1 Å². The number of unbranched alkanes of at least 4 members (excludes halogenated alkanes) is 1. The zero-order valence-electron chi connectivity index (χ0n) is 14.4. The van der Waals surface area contributed by atoms with E-state index in [1.807, 2.05) is 34.7 Å².